The van der Waals surface area contributed by atoms with Crippen molar-refractivity contribution in [3.63, 3.8) is 0 Å². The molecule has 0 fully saturated rings. The van der Waals surface area contributed by atoms with Crippen LogP contribution in [0.15, 0.2) is 35.7 Å². The molecular formula is C14H11FO2S. The van der Waals surface area contributed by atoms with Crippen LogP contribution in [0.2, 0.25) is 0 Å². The van der Waals surface area contributed by atoms with E-state index in [1.54, 1.807) is 31.2 Å². The normalized spacial score (nSPS) is 11.6. The topological polar surface area (TPSA) is 37.3 Å². The van der Waals surface area contributed by atoms with Crippen LogP contribution in [0.3, 0.4) is 0 Å². The van der Waals surface area contributed by atoms with Crippen molar-refractivity contribution in [3.8, 4) is 0 Å². The highest BCUT2D eigenvalue weighted by Gasteiger charge is 2.11. The van der Waals surface area contributed by atoms with E-state index < -0.39 is 5.97 Å². The lowest BCUT2D eigenvalue weighted by Crippen LogP contribution is -1.97. The maximum absolute atomic E-state index is 13.4. The molecule has 0 saturated carbocycles. The third kappa shape index (κ3) is 2.65. The molecule has 0 radical (unpaired) electrons. The van der Waals surface area contributed by atoms with Crippen molar-refractivity contribution in [2.24, 2.45) is 0 Å². The summed E-state index contributed by atoms with van der Waals surface area (Å²) in [6.07, 6.45) is 1.48. The summed E-state index contributed by atoms with van der Waals surface area (Å²) in [5, 5.41) is 11.0. The van der Waals surface area contributed by atoms with Crippen LogP contribution in [0.1, 0.15) is 16.0 Å². The third-order valence-electron chi connectivity index (χ3n) is 2.52. The van der Waals surface area contributed by atoms with Crippen molar-refractivity contribution in [2.45, 2.75) is 6.92 Å². The van der Waals surface area contributed by atoms with Crippen molar-refractivity contribution in [1.29, 1.82) is 0 Å². The van der Waals surface area contributed by atoms with Crippen molar-refractivity contribution in [2.75, 3.05) is 0 Å². The van der Waals surface area contributed by atoms with E-state index in [1.165, 1.54) is 23.5 Å². The largest absolute Gasteiger partial charge is 0.478 e. The van der Waals surface area contributed by atoms with Crippen molar-refractivity contribution < 1.29 is 14.3 Å². The van der Waals surface area contributed by atoms with E-state index in [0.29, 0.717) is 16.0 Å². The lowest BCUT2D eigenvalue weighted by Gasteiger charge is -2.01. The van der Waals surface area contributed by atoms with E-state index in [1.807, 2.05) is 5.38 Å². The van der Waals surface area contributed by atoms with Gasteiger partial charge in [-0.3, -0.25) is 0 Å². The number of benzene rings is 1. The first-order valence-corrected chi connectivity index (χ1v) is 6.21. The van der Waals surface area contributed by atoms with Crippen LogP contribution in [0.4, 0.5) is 4.39 Å². The molecule has 0 bridgehead atoms. The summed E-state index contributed by atoms with van der Waals surface area (Å²) < 4.78 is 13.4. The molecule has 4 heteroatoms. The van der Waals surface area contributed by atoms with E-state index in [2.05, 4.69) is 0 Å². The van der Waals surface area contributed by atoms with E-state index in [9.17, 15) is 14.3 Å². The van der Waals surface area contributed by atoms with Crippen LogP contribution in [0.5, 0.6) is 0 Å². The van der Waals surface area contributed by atoms with Gasteiger partial charge in [0.15, 0.2) is 0 Å². The summed E-state index contributed by atoms with van der Waals surface area (Å²) >= 11 is 1.34. The Morgan fingerprint density at radius 3 is 2.72 bits per heavy atom. The van der Waals surface area contributed by atoms with Crippen LogP contribution in [0, 0.1) is 12.7 Å². The lowest BCUT2D eigenvalue weighted by atomic mass is 10.1. The van der Waals surface area contributed by atoms with Crippen LogP contribution >= 0.6 is 11.3 Å². The maximum atomic E-state index is 13.4. The van der Waals surface area contributed by atoms with Crippen molar-refractivity contribution in [3.05, 3.63) is 57.5 Å². The molecular weight excluding hydrogens is 251 g/mol. The molecule has 0 saturated heterocycles. The summed E-state index contributed by atoms with van der Waals surface area (Å²) in [5.74, 6) is -1.35. The number of rotatable bonds is 3. The summed E-state index contributed by atoms with van der Waals surface area (Å²) in [6.45, 7) is 1.67. The minimum Gasteiger partial charge on any atom is -0.478 e. The van der Waals surface area contributed by atoms with Gasteiger partial charge in [0.25, 0.3) is 0 Å². The molecule has 0 aliphatic rings. The molecule has 0 atom stereocenters. The highest BCUT2D eigenvalue weighted by molar-refractivity contribution is 7.11. The smallest absolute Gasteiger partial charge is 0.337 e. The van der Waals surface area contributed by atoms with Gasteiger partial charge in [0.1, 0.15) is 5.82 Å². The highest BCUT2D eigenvalue weighted by Crippen LogP contribution is 2.23. The molecule has 0 amide bonds. The van der Waals surface area contributed by atoms with E-state index in [4.69, 9.17) is 0 Å². The quantitative estimate of drug-likeness (QED) is 0.854. The van der Waals surface area contributed by atoms with E-state index in [0.717, 1.165) is 0 Å². The molecule has 1 aromatic carbocycles. The number of halogens is 1. The summed E-state index contributed by atoms with van der Waals surface area (Å²) in [4.78, 5) is 11.9. The second kappa shape index (κ2) is 5.14. The molecule has 2 nitrogen and oxygen atoms in total. The van der Waals surface area contributed by atoms with Crippen LogP contribution in [0.25, 0.3) is 11.6 Å². The predicted molar refractivity (Wildman–Crippen MR) is 71.0 cm³/mol. The molecule has 1 aromatic heterocycles. The Labute approximate surface area is 108 Å². The summed E-state index contributed by atoms with van der Waals surface area (Å²) in [5.41, 5.74) is 1.26. The van der Waals surface area contributed by atoms with Gasteiger partial charge in [-0.2, -0.15) is 0 Å². The van der Waals surface area contributed by atoms with Crippen LogP contribution < -0.4 is 0 Å². The maximum Gasteiger partial charge on any atom is 0.337 e. The third-order valence-corrected chi connectivity index (χ3v) is 3.43. The zero-order valence-corrected chi connectivity index (χ0v) is 10.5. The summed E-state index contributed by atoms with van der Waals surface area (Å²) in [6, 6.07) is 8.19. The average Bonchev–Trinajstić information content (AvgIpc) is 2.83. The first-order chi connectivity index (χ1) is 8.58. The van der Waals surface area contributed by atoms with Crippen molar-refractivity contribution >= 4 is 29.0 Å². The Bertz CT molecular complexity index is 600. The number of hydrogen-bond acceptors (Lipinski definition) is 2. The van der Waals surface area contributed by atoms with Gasteiger partial charge in [-0.05, 0) is 41.6 Å². The predicted octanol–water partition coefficient (Wildman–Crippen LogP) is 3.82. The minimum absolute atomic E-state index is 0.174. The molecule has 0 spiro atoms. The molecule has 1 N–H and O–H groups in total. The van der Waals surface area contributed by atoms with Gasteiger partial charge in [0.2, 0.25) is 0 Å². The lowest BCUT2D eigenvalue weighted by molar-refractivity contribution is -0.130. The Balaban J connectivity index is 2.45. The monoisotopic (exact) mass is 262 g/mol. The van der Waals surface area contributed by atoms with Crippen molar-refractivity contribution in [1.82, 2.24) is 0 Å². The summed E-state index contributed by atoms with van der Waals surface area (Å²) in [7, 11) is 0. The molecule has 0 aliphatic carbocycles. The van der Waals surface area contributed by atoms with Gasteiger partial charge < -0.3 is 5.11 Å². The van der Waals surface area contributed by atoms with E-state index >= 15 is 0 Å². The molecule has 2 rings (SSSR count). The number of carboxylic acid groups (broad SMARTS) is 1. The fourth-order valence-corrected chi connectivity index (χ4v) is 2.27. The number of aliphatic carboxylic acids is 1. The van der Waals surface area contributed by atoms with Gasteiger partial charge in [-0.25, -0.2) is 9.18 Å². The average molecular weight is 262 g/mol. The Morgan fingerprint density at radius 1 is 1.39 bits per heavy atom. The Kier molecular flexibility index (Phi) is 3.58. The number of thiophene rings is 1. The first-order valence-electron chi connectivity index (χ1n) is 5.33. The Morgan fingerprint density at radius 2 is 2.17 bits per heavy atom. The van der Waals surface area contributed by atoms with Gasteiger partial charge in [-0.15, -0.1) is 11.3 Å². The second-order valence-corrected chi connectivity index (χ2v) is 4.80. The number of hydrogen-bond donors (Lipinski definition) is 1. The zero-order valence-electron chi connectivity index (χ0n) is 9.68. The molecule has 2 aromatic rings. The molecule has 0 aliphatic heterocycles. The molecule has 0 unspecified atom stereocenters. The minimum atomic E-state index is -1.02. The number of aryl methyl sites for hydroxylation is 1. The molecule has 92 valence electrons. The fraction of sp³-hybridized carbons (Fsp3) is 0.0714. The fourth-order valence-electron chi connectivity index (χ4n) is 1.54. The second-order valence-electron chi connectivity index (χ2n) is 3.85. The van der Waals surface area contributed by atoms with Crippen LogP contribution in [-0.4, -0.2) is 11.1 Å². The first kappa shape index (κ1) is 12.5. The number of carbonyl (C=O) groups is 1. The van der Waals surface area contributed by atoms with Gasteiger partial charge in [0, 0.05) is 4.88 Å². The van der Waals surface area contributed by atoms with Crippen LogP contribution in [-0.2, 0) is 4.79 Å². The zero-order chi connectivity index (χ0) is 13.1. The SMILES string of the molecule is Cc1ccc(/C=C(/C(=O)O)c2cccs2)cc1F. The Hall–Kier alpha value is -1.94. The van der Waals surface area contributed by atoms with E-state index in [-0.39, 0.29) is 11.4 Å². The highest BCUT2D eigenvalue weighted by atomic mass is 32.1. The van der Waals surface area contributed by atoms with Gasteiger partial charge in [0.05, 0.1) is 5.57 Å². The van der Waals surface area contributed by atoms with Gasteiger partial charge in [-0.1, -0.05) is 18.2 Å². The molecule has 1 heterocycles. The molecule has 18 heavy (non-hydrogen) atoms. The number of carboxylic acids is 1. The van der Waals surface area contributed by atoms with Gasteiger partial charge >= 0.3 is 5.97 Å². The standard InChI is InChI=1S/C14H11FO2S/c1-9-4-5-10(8-12(9)15)7-11(14(16)17)13-3-2-6-18-13/h2-8H,1H3,(H,16,17)/b11-7+.